The number of nitrogens with two attached hydrogens (primary N) is 1. The van der Waals surface area contributed by atoms with E-state index in [0.717, 1.165) is 5.17 Å². The number of hydrogen-bond donors (Lipinski definition) is 1. The SMILES string of the molecule is CC(C)(C)N(N)OC=O.Cl. The Bertz CT molecular complexity index is 102. The highest BCUT2D eigenvalue weighted by molar-refractivity contribution is 5.85. The molecule has 0 aliphatic rings. The zero-order valence-electron chi connectivity index (χ0n) is 6.33. The second kappa shape index (κ2) is 4.49. The van der Waals surface area contributed by atoms with E-state index in [0.29, 0.717) is 6.47 Å². The molecule has 10 heavy (non-hydrogen) atoms. The highest BCUT2D eigenvalue weighted by Crippen LogP contribution is 2.06. The molecule has 0 aliphatic heterocycles. The van der Waals surface area contributed by atoms with Crippen LogP contribution in [0.1, 0.15) is 20.8 Å². The van der Waals surface area contributed by atoms with Gasteiger partial charge in [0, 0.05) is 0 Å². The molecule has 0 rings (SSSR count). The maximum absolute atomic E-state index is 9.72. The van der Waals surface area contributed by atoms with Gasteiger partial charge in [0.05, 0.1) is 5.54 Å². The van der Waals surface area contributed by atoms with Crippen LogP contribution in [0, 0.1) is 0 Å². The first-order valence-corrected chi connectivity index (χ1v) is 2.64. The molecule has 2 N–H and O–H groups in total. The first kappa shape index (κ1) is 12.4. The van der Waals surface area contributed by atoms with Gasteiger partial charge < -0.3 is 4.84 Å². The maximum Gasteiger partial charge on any atom is 0.314 e. The first-order chi connectivity index (χ1) is 3.98. The summed E-state index contributed by atoms with van der Waals surface area (Å²) in [6.45, 7) is 5.79. The quantitative estimate of drug-likeness (QED) is 0.370. The number of carbonyl (C=O) groups excluding carboxylic acids is 1. The summed E-state index contributed by atoms with van der Waals surface area (Å²) in [7, 11) is 0. The Morgan fingerprint density at radius 3 is 2.00 bits per heavy atom. The number of hydroxylamine groups is 1. The summed E-state index contributed by atoms with van der Waals surface area (Å²) in [5, 5.41) is 1.00. The molecule has 0 unspecified atom stereocenters. The van der Waals surface area contributed by atoms with Crippen molar-refractivity contribution in [2.24, 2.45) is 5.84 Å². The van der Waals surface area contributed by atoms with Gasteiger partial charge in [-0.1, -0.05) is 5.17 Å². The van der Waals surface area contributed by atoms with Crippen LogP contribution in [-0.2, 0) is 9.63 Å². The highest BCUT2D eigenvalue weighted by Gasteiger charge is 2.18. The Morgan fingerprint density at radius 1 is 1.50 bits per heavy atom. The molecule has 0 fully saturated rings. The lowest BCUT2D eigenvalue weighted by molar-refractivity contribution is -0.201. The number of carbonyl (C=O) groups is 1. The Labute approximate surface area is 66.7 Å². The van der Waals surface area contributed by atoms with Crippen molar-refractivity contribution in [2.75, 3.05) is 0 Å². The van der Waals surface area contributed by atoms with Crippen molar-refractivity contribution in [1.82, 2.24) is 5.17 Å². The molecule has 0 amide bonds. The fraction of sp³-hybridized carbons (Fsp3) is 0.800. The van der Waals surface area contributed by atoms with E-state index in [2.05, 4.69) is 4.84 Å². The zero-order valence-corrected chi connectivity index (χ0v) is 7.14. The van der Waals surface area contributed by atoms with Crippen molar-refractivity contribution >= 4 is 18.9 Å². The minimum absolute atomic E-state index is 0. The van der Waals surface area contributed by atoms with Crippen LogP contribution < -0.4 is 5.84 Å². The zero-order chi connectivity index (χ0) is 7.49. The average molecular weight is 169 g/mol. The predicted octanol–water partition coefficient (Wildman–Crippen LogP) is 0.470. The molecule has 0 saturated carbocycles. The molecule has 0 aromatic heterocycles. The van der Waals surface area contributed by atoms with Gasteiger partial charge in [-0.05, 0) is 20.8 Å². The molecule has 0 radical (unpaired) electrons. The van der Waals surface area contributed by atoms with E-state index in [1.54, 1.807) is 0 Å². The summed E-state index contributed by atoms with van der Waals surface area (Å²) in [5.41, 5.74) is -0.332. The molecule has 4 nitrogen and oxygen atoms in total. The number of rotatable bonds is 2. The van der Waals surface area contributed by atoms with Gasteiger partial charge >= 0.3 is 6.47 Å². The van der Waals surface area contributed by atoms with E-state index in [4.69, 9.17) is 5.84 Å². The van der Waals surface area contributed by atoms with E-state index in [1.165, 1.54) is 0 Å². The Balaban J connectivity index is 0. The van der Waals surface area contributed by atoms with E-state index < -0.39 is 0 Å². The molecule has 0 atom stereocenters. The van der Waals surface area contributed by atoms with Crippen LogP contribution in [0.15, 0.2) is 0 Å². The third-order valence-electron chi connectivity index (χ3n) is 0.818. The molecule has 0 spiro atoms. The molecular formula is C5H13ClN2O2. The minimum Gasteiger partial charge on any atom is -0.356 e. The fourth-order valence-electron chi connectivity index (χ4n) is 0.204. The lowest BCUT2D eigenvalue weighted by atomic mass is 10.1. The van der Waals surface area contributed by atoms with Crippen LogP contribution in [0.3, 0.4) is 0 Å². The van der Waals surface area contributed by atoms with Gasteiger partial charge in [-0.3, -0.25) is 4.79 Å². The summed E-state index contributed by atoms with van der Waals surface area (Å²) < 4.78 is 0. The molecule has 5 heteroatoms. The Morgan fingerprint density at radius 2 is 1.90 bits per heavy atom. The molecular weight excluding hydrogens is 156 g/mol. The van der Waals surface area contributed by atoms with E-state index in [1.807, 2.05) is 20.8 Å². The molecule has 0 aliphatic carbocycles. The van der Waals surface area contributed by atoms with Crippen molar-refractivity contribution in [3.63, 3.8) is 0 Å². The summed E-state index contributed by atoms with van der Waals surface area (Å²) in [4.78, 5) is 14.1. The van der Waals surface area contributed by atoms with E-state index in [-0.39, 0.29) is 17.9 Å². The van der Waals surface area contributed by atoms with Crippen molar-refractivity contribution < 1.29 is 9.63 Å². The molecule has 0 heterocycles. The van der Waals surface area contributed by atoms with Gasteiger partial charge in [0.25, 0.3) is 0 Å². The maximum atomic E-state index is 9.72. The van der Waals surface area contributed by atoms with Gasteiger partial charge in [-0.15, -0.1) is 12.4 Å². The summed E-state index contributed by atoms with van der Waals surface area (Å²) >= 11 is 0. The molecule has 62 valence electrons. The summed E-state index contributed by atoms with van der Waals surface area (Å²) in [5.74, 6) is 5.24. The number of hydrogen-bond acceptors (Lipinski definition) is 4. The van der Waals surface area contributed by atoms with Gasteiger partial charge in [0.2, 0.25) is 0 Å². The van der Waals surface area contributed by atoms with Crippen molar-refractivity contribution in [1.29, 1.82) is 0 Å². The Hall–Kier alpha value is -0.320. The summed E-state index contributed by atoms with van der Waals surface area (Å²) in [6.07, 6.45) is 0. The van der Waals surface area contributed by atoms with Crippen LogP contribution in [0.5, 0.6) is 0 Å². The molecule has 0 aromatic carbocycles. The Kier molecular flexibility index (Phi) is 5.55. The number of halogens is 1. The average Bonchev–Trinajstić information content (AvgIpc) is 1.64. The van der Waals surface area contributed by atoms with Gasteiger partial charge in [-0.2, -0.15) is 0 Å². The second-order valence-electron chi connectivity index (χ2n) is 2.70. The highest BCUT2D eigenvalue weighted by atomic mass is 35.5. The molecule has 0 bridgehead atoms. The monoisotopic (exact) mass is 168 g/mol. The number of nitrogens with zero attached hydrogens (tertiary/aromatic N) is 1. The van der Waals surface area contributed by atoms with Gasteiger partial charge in [0.15, 0.2) is 0 Å². The molecule has 0 saturated heterocycles. The number of hydrazine groups is 1. The second-order valence-corrected chi connectivity index (χ2v) is 2.70. The van der Waals surface area contributed by atoms with Crippen LogP contribution >= 0.6 is 12.4 Å². The summed E-state index contributed by atoms with van der Waals surface area (Å²) in [6, 6.07) is 0. The molecule has 0 aromatic rings. The largest absolute Gasteiger partial charge is 0.356 e. The van der Waals surface area contributed by atoms with Crippen molar-refractivity contribution in [3.05, 3.63) is 0 Å². The third-order valence-corrected chi connectivity index (χ3v) is 0.818. The van der Waals surface area contributed by atoms with Crippen LogP contribution in [0.4, 0.5) is 0 Å². The lowest BCUT2D eigenvalue weighted by Crippen LogP contribution is -2.46. The minimum atomic E-state index is -0.332. The van der Waals surface area contributed by atoms with Crippen molar-refractivity contribution in [3.8, 4) is 0 Å². The third kappa shape index (κ3) is 4.55. The van der Waals surface area contributed by atoms with Crippen molar-refractivity contribution in [2.45, 2.75) is 26.3 Å². The normalized spacial score (nSPS) is 10.5. The topological polar surface area (TPSA) is 55.6 Å². The fourth-order valence-corrected chi connectivity index (χ4v) is 0.204. The predicted molar refractivity (Wildman–Crippen MR) is 40.2 cm³/mol. The van der Waals surface area contributed by atoms with Crippen LogP contribution in [-0.4, -0.2) is 17.2 Å². The van der Waals surface area contributed by atoms with Gasteiger partial charge in [0.1, 0.15) is 0 Å². The lowest BCUT2D eigenvalue weighted by Gasteiger charge is -2.26. The van der Waals surface area contributed by atoms with E-state index in [9.17, 15) is 4.79 Å². The van der Waals surface area contributed by atoms with Gasteiger partial charge in [-0.25, -0.2) is 5.84 Å². The van der Waals surface area contributed by atoms with Crippen LogP contribution in [0.25, 0.3) is 0 Å². The smallest absolute Gasteiger partial charge is 0.314 e. The van der Waals surface area contributed by atoms with E-state index >= 15 is 0 Å². The van der Waals surface area contributed by atoms with Crippen LogP contribution in [0.2, 0.25) is 0 Å². The first-order valence-electron chi connectivity index (χ1n) is 2.64. The standard InChI is InChI=1S/C5H12N2O2.ClH/c1-5(2,3)7(6)9-4-8;/h4H,6H2,1-3H3;1H.